The Bertz CT molecular complexity index is 1230. The fraction of sp³-hybridized carbons (Fsp3) is 0.517. The van der Waals surface area contributed by atoms with Crippen molar-refractivity contribution >= 4 is 22.8 Å². The van der Waals surface area contributed by atoms with E-state index in [0.717, 1.165) is 35.3 Å². The van der Waals surface area contributed by atoms with Crippen LogP contribution in [-0.4, -0.2) is 62.6 Å². The van der Waals surface area contributed by atoms with Crippen LogP contribution in [-0.2, 0) is 16.8 Å². The van der Waals surface area contributed by atoms with Crippen molar-refractivity contribution in [2.45, 2.75) is 72.3 Å². The summed E-state index contributed by atoms with van der Waals surface area (Å²) in [7, 11) is 0. The van der Waals surface area contributed by atoms with Gasteiger partial charge < -0.3 is 9.80 Å². The van der Waals surface area contributed by atoms with Gasteiger partial charge in [-0.3, -0.25) is 9.59 Å². The van der Waals surface area contributed by atoms with Crippen molar-refractivity contribution in [1.29, 1.82) is 0 Å². The van der Waals surface area contributed by atoms with Gasteiger partial charge in [-0.2, -0.15) is 5.10 Å². The average molecular weight is 490 g/mol. The van der Waals surface area contributed by atoms with Gasteiger partial charge >= 0.3 is 0 Å². The van der Waals surface area contributed by atoms with Crippen LogP contribution in [0.3, 0.4) is 0 Å². The highest BCUT2D eigenvalue weighted by molar-refractivity contribution is 6.06. The van der Waals surface area contributed by atoms with E-state index in [9.17, 15) is 9.59 Å². The number of hydrogen-bond acceptors (Lipinski definition) is 4. The second kappa shape index (κ2) is 10.4. The maximum absolute atomic E-state index is 13.8. The molecule has 3 aromatic rings. The molecule has 3 heterocycles. The van der Waals surface area contributed by atoms with Crippen LogP contribution in [0.5, 0.6) is 0 Å². The Balaban J connectivity index is 1.47. The molecule has 4 rings (SSSR count). The molecular weight excluding hydrogens is 450 g/mol. The third kappa shape index (κ3) is 5.45. The Morgan fingerprint density at radius 3 is 2.25 bits per heavy atom. The average Bonchev–Trinajstić information content (AvgIpc) is 3.20. The summed E-state index contributed by atoms with van der Waals surface area (Å²) in [5.41, 5.74) is 4.15. The van der Waals surface area contributed by atoms with Gasteiger partial charge in [-0.25, -0.2) is 9.67 Å². The van der Waals surface area contributed by atoms with Crippen molar-refractivity contribution in [2.24, 2.45) is 0 Å². The second-order valence-electron chi connectivity index (χ2n) is 11.1. The Kier molecular flexibility index (Phi) is 7.48. The molecule has 0 aliphatic carbocycles. The maximum atomic E-state index is 13.8. The van der Waals surface area contributed by atoms with Crippen molar-refractivity contribution in [2.75, 3.05) is 26.2 Å². The molecule has 2 aromatic heterocycles. The Morgan fingerprint density at radius 2 is 1.64 bits per heavy atom. The molecule has 1 fully saturated rings. The quantitative estimate of drug-likeness (QED) is 0.492. The molecule has 0 saturated carbocycles. The molecule has 1 aromatic carbocycles. The number of aromatic nitrogens is 3. The zero-order valence-electron chi connectivity index (χ0n) is 22.5. The van der Waals surface area contributed by atoms with Gasteiger partial charge in [0.05, 0.1) is 22.2 Å². The van der Waals surface area contributed by atoms with Gasteiger partial charge in [-0.1, -0.05) is 44.2 Å². The number of aryl methyl sites for hydroxylation is 2. The fourth-order valence-corrected chi connectivity index (χ4v) is 4.82. The van der Waals surface area contributed by atoms with Crippen LogP contribution in [0, 0.1) is 6.92 Å². The molecule has 192 valence electrons. The molecule has 7 nitrogen and oxygen atoms in total. The number of amides is 2. The molecule has 1 aliphatic rings. The minimum absolute atomic E-state index is 0.00274. The van der Waals surface area contributed by atoms with Crippen molar-refractivity contribution < 1.29 is 9.59 Å². The van der Waals surface area contributed by atoms with E-state index in [4.69, 9.17) is 10.1 Å². The molecule has 1 aliphatic heterocycles. The summed E-state index contributed by atoms with van der Waals surface area (Å²) in [5, 5.41) is 5.60. The fourth-order valence-electron chi connectivity index (χ4n) is 4.82. The number of nitrogens with zero attached hydrogens (tertiary/aromatic N) is 5. The number of pyridine rings is 1. The summed E-state index contributed by atoms with van der Waals surface area (Å²) in [4.78, 5) is 35.2. The lowest BCUT2D eigenvalue weighted by Crippen LogP contribution is -2.50. The third-order valence-electron chi connectivity index (χ3n) is 6.91. The predicted octanol–water partition coefficient (Wildman–Crippen LogP) is 4.93. The smallest absolute Gasteiger partial charge is 0.254 e. The molecule has 0 N–H and O–H groups in total. The summed E-state index contributed by atoms with van der Waals surface area (Å²) in [6.45, 7) is 14.6. The zero-order chi connectivity index (χ0) is 26.0. The lowest BCUT2D eigenvalue weighted by Gasteiger charge is -2.35. The summed E-state index contributed by atoms with van der Waals surface area (Å²) < 4.78 is 1.94. The van der Waals surface area contributed by atoms with Crippen LogP contribution >= 0.6 is 0 Å². The number of carbonyl (C=O) groups excluding carboxylic acids is 2. The monoisotopic (exact) mass is 489 g/mol. The van der Waals surface area contributed by atoms with Crippen LogP contribution in [0.2, 0.25) is 0 Å². The van der Waals surface area contributed by atoms with E-state index >= 15 is 0 Å². The van der Waals surface area contributed by atoms with Gasteiger partial charge in [0.25, 0.3) is 5.91 Å². The first-order valence-corrected chi connectivity index (χ1v) is 13.1. The topological polar surface area (TPSA) is 71.3 Å². The second-order valence-corrected chi connectivity index (χ2v) is 11.1. The Hall–Kier alpha value is -3.22. The van der Waals surface area contributed by atoms with E-state index in [0.29, 0.717) is 38.2 Å². The van der Waals surface area contributed by atoms with Crippen LogP contribution in [0.25, 0.3) is 11.0 Å². The maximum Gasteiger partial charge on any atom is 0.254 e. The SMILES string of the molecule is Cc1nn(C(C)(C)C)c2nc(C(C)C)cc(C(=O)N3CCN(C(=O)CCCc4ccccc4)CC3)c12. The summed E-state index contributed by atoms with van der Waals surface area (Å²) in [6.07, 6.45) is 2.28. The lowest BCUT2D eigenvalue weighted by molar-refractivity contribution is -0.132. The minimum Gasteiger partial charge on any atom is -0.339 e. The molecule has 2 amide bonds. The largest absolute Gasteiger partial charge is 0.339 e. The van der Waals surface area contributed by atoms with Gasteiger partial charge in [0.2, 0.25) is 5.91 Å². The number of carbonyl (C=O) groups is 2. The molecule has 0 unspecified atom stereocenters. The standard InChI is InChI=1S/C29H39N5O2/c1-20(2)24-19-23(26-21(3)31-34(27(26)30-24)29(4,5)6)28(36)33-17-15-32(16-18-33)25(35)14-10-13-22-11-8-7-9-12-22/h7-9,11-12,19-20H,10,13-18H2,1-6H3. The van der Waals surface area contributed by atoms with Gasteiger partial charge in [-0.15, -0.1) is 0 Å². The van der Waals surface area contributed by atoms with Gasteiger partial charge in [0.1, 0.15) is 0 Å². The molecular formula is C29H39N5O2. The summed E-state index contributed by atoms with van der Waals surface area (Å²) in [6, 6.07) is 12.2. The molecule has 0 spiro atoms. The number of benzene rings is 1. The summed E-state index contributed by atoms with van der Waals surface area (Å²) >= 11 is 0. The van der Waals surface area contributed by atoms with Crippen LogP contribution in [0.1, 0.15) is 80.7 Å². The predicted molar refractivity (Wildman–Crippen MR) is 143 cm³/mol. The van der Waals surface area contributed by atoms with Crippen molar-refractivity contribution in [3.63, 3.8) is 0 Å². The zero-order valence-corrected chi connectivity index (χ0v) is 22.5. The van der Waals surface area contributed by atoms with Crippen LogP contribution in [0.4, 0.5) is 0 Å². The van der Waals surface area contributed by atoms with Crippen molar-refractivity contribution in [3.8, 4) is 0 Å². The van der Waals surface area contributed by atoms with E-state index in [1.807, 2.05) is 45.7 Å². The van der Waals surface area contributed by atoms with Crippen LogP contribution in [0.15, 0.2) is 36.4 Å². The van der Waals surface area contributed by atoms with E-state index in [1.54, 1.807) is 0 Å². The normalized spacial score (nSPS) is 14.6. The van der Waals surface area contributed by atoms with Crippen molar-refractivity contribution in [3.05, 3.63) is 58.9 Å². The van der Waals surface area contributed by atoms with Gasteiger partial charge in [-0.05, 0) is 58.1 Å². The number of piperazine rings is 1. The number of fused-ring (bicyclic) bond motifs is 1. The minimum atomic E-state index is -0.248. The van der Waals surface area contributed by atoms with E-state index < -0.39 is 0 Å². The van der Waals surface area contributed by atoms with Crippen LogP contribution < -0.4 is 0 Å². The highest BCUT2D eigenvalue weighted by Gasteiger charge is 2.29. The first-order chi connectivity index (χ1) is 17.1. The van der Waals surface area contributed by atoms with Gasteiger partial charge in [0, 0.05) is 38.3 Å². The third-order valence-corrected chi connectivity index (χ3v) is 6.91. The number of hydrogen-bond donors (Lipinski definition) is 0. The molecule has 0 bridgehead atoms. The molecule has 36 heavy (non-hydrogen) atoms. The van der Waals surface area contributed by atoms with Gasteiger partial charge in [0.15, 0.2) is 5.65 Å². The molecule has 7 heteroatoms. The first kappa shape index (κ1) is 25.9. The Morgan fingerprint density at radius 1 is 1.00 bits per heavy atom. The molecule has 0 atom stereocenters. The highest BCUT2D eigenvalue weighted by Crippen LogP contribution is 2.30. The lowest BCUT2D eigenvalue weighted by atomic mass is 10.0. The first-order valence-electron chi connectivity index (χ1n) is 13.1. The number of rotatable bonds is 6. The molecule has 1 saturated heterocycles. The summed E-state index contributed by atoms with van der Waals surface area (Å²) in [5.74, 6) is 0.362. The van der Waals surface area contributed by atoms with E-state index in [-0.39, 0.29) is 23.3 Å². The Labute approximate surface area is 214 Å². The van der Waals surface area contributed by atoms with E-state index in [2.05, 4.69) is 46.8 Å². The highest BCUT2D eigenvalue weighted by atomic mass is 16.2. The van der Waals surface area contributed by atoms with Crippen molar-refractivity contribution in [1.82, 2.24) is 24.6 Å². The van der Waals surface area contributed by atoms with E-state index in [1.165, 1.54) is 5.56 Å². The molecule has 0 radical (unpaired) electrons.